The highest BCUT2D eigenvalue weighted by atomic mass is 16.2. The van der Waals surface area contributed by atoms with Gasteiger partial charge in [0, 0.05) is 31.9 Å². The van der Waals surface area contributed by atoms with Gasteiger partial charge in [0.25, 0.3) is 0 Å². The van der Waals surface area contributed by atoms with Crippen molar-refractivity contribution in [1.29, 1.82) is 0 Å². The van der Waals surface area contributed by atoms with Crippen LogP contribution in [-0.2, 0) is 17.9 Å². The number of hydrogen-bond acceptors (Lipinski definition) is 3. The Kier molecular flexibility index (Phi) is 4.97. The summed E-state index contributed by atoms with van der Waals surface area (Å²) in [4.78, 5) is 28.8. The van der Waals surface area contributed by atoms with E-state index in [1.54, 1.807) is 21.5 Å². The third kappa shape index (κ3) is 3.47. The molecule has 1 aromatic carbocycles. The Morgan fingerprint density at radius 1 is 1.12 bits per heavy atom. The number of hydrogen-bond donors (Lipinski definition) is 1. The molecule has 6 heteroatoms. The number of amides is 1. The number of nitrogens with zero attached hydrogens (tertiary/aromatic N) is 3. The van der Waals surface area contributed by atoms with Crippen LogP contribution in [0, 0.1) is 0 Å². The van der Waals surface area contributed by atoms with Crippen LogP contribution in [-0.4, -0.2) is 20.0 Å². The van der Waals surface area contributed by atoms with Gasteiger partial charge in [0.05, 0.1) is 17.1 Å². The van der Waals surface area contributed by atoms with Gasteiger partial charge in [-0.25, -0.2) is 4.79 Å². The van der Waals surface area contributed by atoms with Crippen molar-refractivity contribution in [1.82, 2.24) is 19.4 Å². The van der Waals surface area contributed by atoms with Crippen molar-refractivity contribution in [2.75, 3.05) is 0 Å². The van der Waals surface area contributed by atoms with Crippen molar-refractivity contribution < 1.29 is 4.79 Å². The minimum atomic E-state index is -0.0933. The molecular weight excluding hydrogens is 316 g/mol. The van der Waals surface area contributed by atoms with Crippen molar-refractivity contribution in [2.24, 2.45) is 0 Å². The Bertz CT molecular complexity index is 927. The van der Waals surface area contributed by atoms with Gasteiger partial charge in [0.1, 0.15) is 0 Å². The van der Waals surface area contributed by atoms with E-state index in [9.17, 15) is 9.59 Å². The fraction of sp³-hybridized carbons (Fsp3) is 0.316. The second-order valence-corrected chi connectivity index (χ2v) is 5.99. The lowest BCUT2D eigenvalue weighted by Gasteiger charge is -2.14. The third-order valence-corrected chi connectivity index (χ3v) is 4.39. The fourth-order valence-corrected chi connectivity index (χ4v) is 3.06. The first kappa shape index (κ1) is 17.0. The van der Waals surface area contributed by atoms with Gasteiger partial charge >= 0.3 is 5.69 Å². The minimum absolute atomic E-state index is 0.0707. The van der Waals surface area contributed by atoms with E-state index < -0.39 is 0 Å². The van der Waals surface area contributed by atoms with Crippen LogP contribution in [0.4, 0.5) is 0 Å². The summed E-state index contributed by atoms with van der Waals surface area (Å²) in [6, 6.07) is 11.3. The molecule has 0 bridgehead atoms. The van der Waals surface area contributed by atoms with Gasteiger partial charge in [-0.05, 0) is 43.7 Å². The number of pyridine rings is 1. The van der Waals surface area contributed by atoms with E-state index in [1.807, 2.05) is 50.2 Å². The Hall–Kier alpha value is -2.89. The van der Waals surface area contributed by atoms with Crippen molar-refractivity contribution in [3.63, 3.8) is 0 Å². The minimum Gasteiger partial charge on any atom is -0.350 e. The molecule has 0 radical (unpaired) electrons. The molecule has 0 saturated heterocycles. The Morgan fingerprint density at radius 3 is 2.40 bits per heavy atom. The summed E-state index contributed by atoms with van der Waals surface area (Å²) in [6.45, 7) is 4.85. The first-order valence-corrected chi connectivity index (χ1v) is 8.49. The van der Waals surface area contributed by atoms with Gasteiger partial charge in [0.15, 0.2) is 0 Å². The van der Waals surface area contributed by atoms with Crippen LogP contribution in [0.15, 0.2) is 53.6 Å². The zero-order valence-electron chi connectivity index (χ0n) is 14.5. The van der Waals surface area contributed by atoms with Crippen molar-refractivity contribution in [2.45, 2.75) is 39.4 Å². The highest BCUT2D eigenvalue weighted by Gasteiger charge is 2.14. The number of rotatable bonds is 6. The molecule has 0 aliphatic rings. The second-order valence-electron chi connectivity index (χ2n) is 5.99. The zero-order valence-corrected chi connectivity index (χ0v) is 14.5. The van der Waals surface area contributed by atoms with Gasteiger partial charge in [-0.15, -0.1) is 0 Å². The molecule has 2 aromatic heterocycles. The Morgan fingerprint density at radius 2 is 1.76 bits per heavy atom. The normalized spacial score (nSPS) is 12.2. The number of carbonyl (C=O) groups is 1. The zero-order chi connectivity index (χ0) is 17.8. The maximum atomic E-state index is 12.6. The maximum absolute atomic E-state index is 12.6. The van der Waals surface area contributed by atoms with Crippen molar-refractivity contribution in [3.05, 3.63) is 64.8 Å². The van der Waals surface area contributed by atoms with E-state index in [1.165, 1.54) is 0 Å². The van der Waals surface area contributed by atoms with E-state index in [0.717, 1.165) is 16.6 Å². The molecule has 25 heavy (non-hydrogen) atoms. The lowest BCUT2D eigenvalue weighted by molar-refractivity contribution is -0.121. The number of fused-ring (bicyclic) bond motifs is 1. The molecule has 130 valence electrons. The highest BCUT2D eigenvalue weighted by molar-refractivity contribution is 5.78. The SMILES string of the molecule is CCn1c(=O)n(CCC(=O)NC(C)c2ccncc2)c2ccccc21. The Balaban J connectivity index is 1.72. The van der Waals surface area contributed by atoms with Crippen LogP contribution >= 0.6 is 0 Å². The summed E-state index contributed by atoms with van der Waals surface area (Å²) in [6.07, 6.45) is 3.67. The molecule has 1 amide bonds. The summed E-state index contributed by atoms with van der Waals surface area (Å²) in [5, 5.41) is 2.97. The number of aromatic nitrogens is 3. The number of para-hydroxylation sites is 2. The van der Waals surface area contributed by atoms with Gasteiger partial charge < -0.3 is 5.32 Å². The van der Waals surface area contributed by atoms with E-state index in [0.29, 0.717) is 13.1 Å². The van der Waals surface area contributed by atoms with Gasteiger partial charge in [-0.1, -0.05) is 12.1 Å². The first-order valence-electron chi connectivity index (χ1n) is 8.49. The number of aryl methyl sites for hydroxylation is 2. The van der Waals surface area contributed by atoms with Crippen LogP contribution in [0.25, 0.3) is 11.0 Å². The third-order valence-electron chi connectivity index (χ3n) is 4.39. The molecule has 0 spiro atoms. The molecule has 0 saturated carbocycles. The highest BCUT2D eigenvalue weighted by Crippen LogP contribution is 2.14. The average molecular weight is 338 g/mol. The maximum Gasteiger partial charge on any atom is 0.329 e. The van der Waals surface area contributed by atoms with Crippen LogP contribution in [0.1, 0.15) is 31.9 Å². The van der Waals surface area contributed by atoms with Gasteiger partial charge in [0.2, 0.25) is 5.91 Å². The molecule has 0 aliphatic heterocycles. The van der Waals surface area contributed by atoms with Crippen molar-refractivity contribution in [3.8, 4) is 0 Å². The van der Waals surface area contributed by atoms with E-state index in [-0.39, 0.29) is 24.1 Å². The van der Waals surface area contributed by atoms with Crippen LogP contribution in [0.5, 0.6) is 0 Å². The van der Waals surface area contributed by atoms with Crippen LogP contribution < -0.4 is 11.0 Å². The Labute approximate surface area is 146 Å². The lowest BCUT2D eigenvalue weighted by Crippen LogP contribution is -2.30. The molecule has 6 nitrogen and oxygen atoms in total. The summed E-state index contributed by atoms with van der Waals surface area (Å²) >= 11 is 0. The quantitative estimate of drug-likeness (QED) is 0.751. The van der Waals surface area contributed by atoms with E-state index in [4.69, 9.17) is 0 Å². The van der Waals surface area contributed by atoms with Gasteiger partial charge in [-0.3, -0.25) is 18.9 Å². The molecular formula is C19H22N4O2. The molecule has 3 aromatic rings. The summed E-state index contributed by atoms with van der Waals surface area (Å²) < 4.78 is 3.41. The van der Waals surface area contributed by atoms with E-state index in [2.05, 4.69) is 10.3 Å². The smallest absolute Gasteiger partial charge is 0.329 e. The molecule has 1 unspecified atom stereocenters. The van der Waals surface area contributed by atoms with Gasteiger partial charge in [-0.2, -0.15) is 0 Å². The lowest BCUT2D eigenvalue weighted by atomic mass is 10.1. The predicted molar refractivity (Wildman–Crippen MR) is 97.3 cm³/mol. The molecule has 1 atom stereocenters. The summed E-state index contributed by atoms with van der Waals surface area (Å²) in [7, 11) is 0. The number of benzene rings is 1. The molecule has 0 fully saturated rings. The number of nitrogens with one attached hydrogen (secondary N) is 1. The largest absolute Gasteiger partial charge is 0.350 e. The predicted octanol–water partition coefficient (Wildman–Crippen LogP) is 2.49. The fourth-order valence-electron chi connectivity index (χ4n) is 3.06. The van der Waals surface area contributed by atoms with Crippen LogP contribution in [0.2, 0.25) is 0 Å². The summed E-state index contributed by atoms with van der Waals surface area (Å²) in [5.41, 5.74) is 2.70. The first-order chi connectivity index (χ1) is 12.1. The average Bonchev–Trinajstić information content (AvgIpc) is 2.91. The number of imidazole rings is 1. The summed E-state index contributed by atoms with van der Waals surface area (Å²) in [5.74, 6) is -0.0791. The van der Waals surface area contributed by atoms with E-state index >= 15 is 0 Å². The molecule has 1 N–H and O–H groups in total. The topological polar surface area (TPSA) is 68.9 Å². The molecule has 2 heterocycles. The standard InChI is InChI=1S/C19H22N4O2/c1-3-22-16-6-4-5-7-17(16)23(19(22)25)13-10-18(24)21-14(2)15-8-11-20-12-9-15/h4-9,11-12,14H,3,10,13H2,1-2H3,(H,21,24). The molecule has 3 rings (SSSR count). The number of carbonyl (C=O) groups excluding carboxylic acids is 1. The second kappa shape index (κ2) is 7.34. The monoisotopic (exact) mass is 338 g/mol. The van der Waals surface area contributed by atoms with Crippen LogP contribution in [0.3, 0.4) is 0 Å². The van der Waals surface area contributed by atoms with Crippen molar-refractivity contribution >= 4 is 16.9 Å². The molecule has 0 aliphatic carbocycles.